The number of pyridine rings is 1. The molecule has 1 aromatic heterocycles. The molecule has 0 saturated carbocycles. The normalized spacial score (nSPS) is 10.2. The lowest BCUT2D eigenvalue weighted by atomic mass is 10.2. The van der Waals surface area contributed by atoms with Crippen LogP contribution in [0.25, 0.3) is 0 Å². The number of carbonyl (C=O) groups excluding carboxylic acids is 1. The van der Waals surface area contributed by atoms with Gasteiger partial charge in [-0.1, -0.05) is 24.3 Å². The van der Waals surface area contributed by atoms with Crippen LogP contribution in [0.1, 0.15) is 11.3 Å². The van der Waals surface area contributed by atoms with Gasteiger partial charge in [-0.25, -0.2) is 4.98 Å². The lowest BCUT2D eigenvalue weighted by Crippen LogP contribution is -2.16. The Balaban J connectivity index is 2.04. The van der Waals surface area contributed by atoms with Crippen molar-refractivity contribution in [2.45, 2.75) is 12.2 Å². The first-order chi connectivity index (χ1) is 10.2. The molecule has 0 aliphatic carbocycles. The van der Waals surface area contributed by atoms with Crippen molar-refractivity contribution in [3.05, 3.63) is 53.7 Å². The maximum absolute atomic E-state index is 12.1. The summed E-state index contributed by atoms with van der Waals surface area (Å²) in [6.07, 6.45) is 2.27. The molecular weight excluding hydrogens is 284 g/mol. The van der Waals surface area contributed by atoms with Gasteiger partial charge in [-0.2, -0.15) is 11.8 Å². The number of thioether (sulfide) groups is 1. The van der Waals surface area contributed by atoms with Gasteiger partial charge in [-0.3, -0.25) is 4.79 Å². The number of aromatic nitrogens is 1. The van der Waals surface area contributed by atoms with Crippen LogP contribution in [-0.4, -0.2) is 24.3 Å². The summed E-state index contributed by atoms with van der Waals surface area (Å²) in [4.78, 5) is 16.4. The molecule has 110 valence electrons. The van der Waals surface area contributed by atoms with Crippen LogP contribution in [0.15, 0.2) is 42.5 Å². The number of rotatable bonds is 6. The van der Waals surface area contributed by atoms with Crippen LogP contribution in [0.2, 0.25) is 0 Å². The Hall–Kier alpha value is -2.01. The van der Waals surface area contributed by atoms with E-state index in [0.29, 0.717) is 11.6 Å². The molecule has 0 unspecified atom stereocenters. The van der Waals surface area contributed by atoms with Gasteiger partial charge in [-0.15, -0.1) is 0 Å². The van der Waals surface area contributed by atoms with Crippen LogP contribution in [0.4, 0.5) is 5.69 Å². The Morgan fingerprint density at radius 3 is 2.81 bits per heavy atom. The molecule has 0 aliphatic heterocycles. The second kappa shape index (κ2) is 7.69. The lowest BCUT2D eigenvalue weighted by molar-refractivity contribution is -0.115. The highest BCUT2D eigenvalue weighted by Gasteiger charge is 2.08. The zero-order chi connectivity index (χ0) is 15.1. The van der Waals surface area contributed by atoms with E-state index in [0.717, 1.165) is 17.0 Å². The number of hydrogen-bond donors (Lipinski definition) is 1. The molecular formula is C16H18N2O2S. The predicted molar refractivity (Wildman–Crippen MR) is 86.8 cm³/mol. The monoisotopic (exact) mass is 302 g/mol. The van der Waals surface area contributed by atoms with Gasteiger partial charge in [0.1, 0.15) is 0 Å². The van der Waals surface area contributed by atoms with Gasteiger partial charge < -0.3 is 10.1 Å². The number of amides is 1. The molecule has 1 N–H and O–H groups in total. The topological polar surface area (TPSA) is 51.2 Å². The van der Waals surface area contributed by atoms with Gasteiger partial charge in [0.2, 0.25) is 11.8 Å². The van der Waals surface area contributed by atoms with E-state index in [4.69, 9.17) is 4.74 Å². The number of carbonyl (C=O) groups is 1. The molecule has 1 amide bonds. The lowest BCUT2D eigenvalue weighted by Gasteiger charge is -2.10. The van der Waals surface area contributed by atoms with Crippen molar-refractivity contribution < 1.29 is 9.53 Å². The van der Waals surface area contributed by atoms with E-state index in [-0.39, 0.29) is 12.3 Å². The number of para-hydroxylation sites is 1. The minimum atomic E-state index is -0.0793. The van der Waals surface area contributed by atoms with Gasteiger partial charge in [0, 0.05) is 17.5 Å². The zero-order valence-electron chi connectivity index (χ0n) is 12.1. The standard InChI is InChI=1S/C16H18N2O2S/c1-20-16-9-5-7-13(17-16)10-15(19)18-14-8-4-3-6-12(14)11-21-2/h3-9H,10-11H2,1-2H3,(H,18,19). The van der Waals surface area contributed by atoms with Crippen molar-refractivity contribution in [1.29, 1.82) is 0 Å². The van der Waals surface area contributed by atoms with E-state index in [1.807, 2.05) is 42.7 Å². The summed E-state index contributed by atoms with van der Waals surface area (Å²) < 4.78 is 5.06. The smallest absolute Gasteiger partial charge is 0.230 e. The molecule has 4 nitrogen and oxygen atoms in total. The van der Waals surface area contributed by atoms with Crippen molar-refractivity contribution in [3.8, 4) is 5.88 Å². The summed E-state index contributed by atoms with van der Waals surface area (Å²) >= 11 is 1.72. The molecule has 5 heteroatoms. The highest BCUT2D eigenvalue weighted by molar-refractivity contribution is 7.97. The third kappa shape index (κ3) is 4.49. The van der Waals surface area contributed by atoms with Crippen LogP contribution in [0.3, 0.4) is 0 Å². The molecule has 0 atom stereocenters. The predicted octanol–water partition coefficient (Wildman–Crippen LogP) is 3.13. The third-order valence-electron chi connectivity index (χ3n) is 2.92. The number of ether oxygens (including phenoxy) is 1. The van der Waals surface area contributed by atoms with Gasteiger partial charge in [0.15, 0.2) is 0 Å². The van der Waals surface area contributed by atoms with E-state index in [1.165, 1.54) is 0 Å². The summed E-state index contributed by atoms with van der Waals surface area (Å²) in [5.74, 6) is 1.31. The SMILES string of the molecule is COc1cccc(CC(=O)Nc2ccccc2CSC)n1. The van der Waals surface area contributed by atoms with Crippen LogP contribution >= 0.6 is 11.8 Å². The first-order valence-corrected chi connectivity index (χ1v) is 7.99. The Labute approximate surface area is 128 Å². The Bertz CT molecular complexity index is 617. The maximum atomic E-state index is 12.1. The molecule has 0 spiro atoms. The molecule has 1 aromatic carbocycles. The average Bonchev–Trinajstić information content (AvgIpc) is 2.49. The highest BCUT2D eigenvalue weighted by Crippen LogP contribution is 2.19. The number of hydrogen-bond acceptors (Lipinski definition) is 4. The Morgan fingerprint density at radius 2 is 2.05 bits per heavy atom. The van der Waals surface area contributed by atoms with Gasteiger partial charge in [0.05, 0.1) is 19.2 Å². The fourth-order valence-electron chi connectivity index (χ4n) is 1.95. The number of nitrogens with zero attached hydrogens (tertiary/aromatic N) is 1. The molecule has 2 rings (SSSR count). The first-order valence-electron chi connectivity index (χ1n) is 6.59. The summed E-state index contributed by atoms with van der Waals surface area (Å²) in [6.45, 7) is 0. The van der Waals surface area contributed by atoms with Crippen LogP contribution in [0.5, 0.6) is 5.88 Å². The van der Waals surface area contributed by atoms with E-state index >= 15 is 0 Å². The van der Waals surface area contributed by atoms with Crippen molar-refractivity contribution >= 4 is 23.4 Å². The Morgan fingerprint density at radius 1 is 1.24 bits per heavy atom. The average molecular weight is 302 g/mol. The fourth-order valence-corrected chi connectivity index (χ4v) is 2.51. The van der Waals surface area contributed by atoms with Crippen molar-refractivity contribution in [2.24, 2.45) is 0 Å². The largest absolute Gasteiger partial charge is 0.481 e. The second-order valence-electron chi connectivity index (χ2n) is 4.49. The summed E-state index contributed by atoms with van der Waals surface area (Å²) in [7, 11) is 1.56. The molecule has 0 fully saturated rings. The van der Waals surface area contributed by atoms with Crippen molar-refractivity contribution in [3.63, 3.8) is 0 Å². The molecule has 0 aliphatic rings. The van der Waals surface area contributed by atoms with Gasteiger partial charge in [-0.05, 0) is 24.0 Å². The number of benzene rings is 1. The van der Waals surface area contributed by atoms with Crippen LogP contribution < -0.4 is 10.1 Å². The molecule has 0 saturated heterocycles. The van der Waals surface area contributed by atoms with E-state index < -0.39 is 0 Å². The first kappa shape index (κ1) is 15.4. The summed E-state index contributed by atoms with van der Waals surface area (Å²) in [6, 6.07) is 13.2. The second-order valence-corrected chi connectivity index (χ2v) is 5.35. The van der Waals surface area contributed by atoms with Crippen molar-refractivity contribution in [1.82, 2.24) is 4.98 Å². The van der Waals surface area contributed by atoms with Gasteiger partial charge >= 0.3 is 0 Å². The van der Waals surface area contributed by atoms with E-state index in [9.17, 15) is 4.79 Å². The summed E-state index contributed by atoms with van der Waals surface area (Å²) in [5.41, 5.74) is 2.67. The van der Waals surface area contributed by atoms with Gasteiger partial charge in [0.25, 0.3) is 0 Å². The van der Waals surface area contributed by atoms with Crippen LogP contribution in [0, 0.1) is 0 Å². The number of methoxy groups -OCH3 is 1. The molecule has 0 radical (unpaired) electrons. The third-order valence-corrected chi connectivity index (χ3v) is 3.52. The van der Waals surface area contributed by atoms with E-state index in [1.54, 1.807) is 24.9 Å². The molecule has 2 aromatic rings. The number of nitrogens with one attached hydrogen (secondary N) is 1. The molecule has 1 heterocycles. The molecule has 21 heavy (non-hydrogen) atoms. The number of anilines is 1. The maximum Gasteiger partial charge on any atom is 0.230 e. The zero-order valence-corrected chi connectivity index (χ0v) is 12.9. The fraction of sp³-hybridized carbons (Fsp3) is 0.250. The van der Waals surface area contributed by atoms with E-state index in [2.05, 4.69) is 10.3 Å². The highest BCUT2D eigenvalue weighted by atomic mass is 32.2. The summed E-state index contributed by atoms with van der Waals surface area (Å²) in [5, 5.41) is 2.95. The Kier molecular flexibility index (Phi) is 5.63. The van der Waals surface area contributed by atoms with Crippen LogP contribution in [-0.2, 0) is 17.0 Å². The quantitative estimate of drug-likeness (QED) is 0.890. The molecule has 0 bridgehead atoms. The van der Waals surface area contributed by atoms with Crippen molar-refractivity contribution in [2.75, 3.05) is 18.7 Å². The minimum absolute atomic E-state index is 0.0793. The minimum Gasteiger partial charge on any atom is -0.481 e.